The van der Waals surface area contributed by atoms with Crippen LogP contribution >= 0.6 is 22.9 Å². The molecule has 10 heteroatoms. The maximum Gasteiger partial charge on any atom is 0.271 e. The summed E-state index contributed by atoms with van der Waals surface area (Å²) in [6.45, 7) is 1.97. The second kappa shape index (κ2) is 8.68. The van der Waals surface area contributed by atoms with Gasteiger partial charge in [-0.3, -0.25) is 9.59 Å². The molecule has 2 amide bonds. The summed E-state index contributed by atoms with van der Waals surface area (Å²) < 4.78 is 5.41. The van der Waals surface area contributed by atoms with Crippen LogP contribution in [0.15, 0.2) is 30.5 Å². The van der Waals surface area contributed by atoms with Crippen LogP contribution in [0.3, 0.4) is 0 Å². The van der Waals surface area contributed by atoms with E-state index in [1.807, 2.05) is 24.4 Å². The van der Waals surface area contributed by atoms with Gasteiger partial charge in [0, 0.05) is 29.1 Å². The van der Waals surface area contributed by atoms with Gasteiger partial charge in [0.25, 0.3) is 5.91 Å². The van der Waals surface area contributed by atoms with Crippen molar-refractivity contribution in [2.75, 3.05) is 25.5 Å². The number of benzene rings is 1. The first-order valence-corrected chi connectivity index (χ1v) is 13.1. The van der Waals surface area contributed by atoms with Crippen molar-refractivity contribution in [2.24, 2.45) is 5.92 Å². The van der Waals surface area contributed by atoms with E-state index in [2.05, 4.69) is 43.0 Å². The number of aromatic nitrogens is 3. The molecule has 0 unspecified atom stereocenters. The molecule has 1 saturated carbocycles. The molecule has 2 aliphatic rings. The summed E-state index contributed by atoms with van der Waals surface area (Å²) in [7, 11) is 2.10. The number of pyridine rings is 1. The third kappa shape index (κ3) is 4.28. The number of hydrogen-bond donors (Lipinski definition) is 2. The Labute approximate surface area is 204 Å². The number of rotatable bonds is 5. The third-order valence-electron chi connectivity index (χ3n) is 6.50. The number of anilines is 1. The van der Waals surface area contributed by atoms with Gasteiger partial charge in [-0.25, -0.2) is 9.97 Å². The first kappa shape index (κ1) is 21.6. The Hall–Kier alpha value is -2.95. The van der Waals surface area contributed by atoms with E-state index in [-0.39, 0.29) is 23.8 Å². The van der Waals surface area contributed by atoms with Crippen LogP contribution in [-0.4, -0.2) is 57.2 Å². The monoisotopic (exact) mass is 492 g/mol. The second-order valence-electron chi connectivity index (χ2n) is 9.12. The SMILES string of the molecule is CN1CCC(NC(=O)c2nsc3ncc(-c4ccc5nc(NC(=O)C6CC6)sc5c4)cc23)CC1. The number of hydrogen-bond acceptors (Lipinski definition) is 8. The Bertz CT molecular complexity index is 1400. The quantitative estimate of drug-likeness (QED) is 0.434. The van der Waals surface area contributed by atoms with Crippen molar-refractivity contribution in [3.63, 3.8) is 0 Å². The molecule has 3 aromatic heterocycles. The van der Waals surface area contributed by atoms with E-state index in [4.69, 9.17) is 0 Å². The van der Waals surface area contributed by atoms with Crippen LogP contribution < -0.4 is 10.6 Å². The van der Waals surface area contributed by atoms with Gasteiger partial charge in [-0.15, -0.1) is 0 Å². The fourth-order valence-corrected chi connectivity index (χ4v) is 5.89. The topological polar surface area (TPSA) is 100 Å². The highest BCUT2D eigenvalue weighted by Gasteiger charge is 2.30. The normalized spacial score (nSPS) is 17.3. The number of carbonyl (C=O) groups is 2. The van der Waals surface area contributed by atoms with Crippen molar-refractivity contribution in [3.8, 4) is 11.1 Å². The molecule has 174 valence electrons. The Morgan fingerprint density at radius 3 is 2.71 bits per heavy atom. The number of likely N-dealkylation sites (tertiary alicyclic amines) is 1. The van der Waals surface area contributed by atoms with E-state index in [9.17, 15) is 9.59 Å². The molecule has 0 radical (unpaired) electrons. The van der Waals surface area contributed by atoms with Gasteiger partial charge >= 0.3 is 0 Å². The van der Waals surface area contributed by atoms with Gasteiger partial charge < -0.3 is 15.5 Å². The van der Waals surface area contributed by atoms with Crippen LogP contribution in [0.2, 0.25) is 0 Å². The minimum absolute atomic E-state index is 0.0601. The molecular formula is C24H24N6O2S2. The lowest BCUT2D eigenvalue weighted by atomic mass is 10.0. The Morgan fingerprint density at radius 1 is 1.09 bits per heavy atom. The number of carbonyl (C=O) groups excluding carboxylic acids is 2. The van der Waals surface area contributed by atoms with Crippen molar-refractivity contribution in [1.82, 2.24) is 24.6 Å². The predicted molar refractivity (Wildman–Crippen MR) is 135 cm³/mol. The molecule has 1 aromatic carbocycles. The molecule has 4 aromatic rings. The number of nitrogens with zero attached hydrogens (tertiary/aromatic N) is 4. The van der Waals surface area contributed by atoms with Gasteiger partial charge in [-0.2, -0.15) is 4.37 Å². The minimum atomic E-state index is -0.131. The molecule has 8 nitrogen and oxygen atoms in total. The highest BCUT2D eigenvalue weighted by molar-refractivity contribution is 7.22. The fourth-order valence-electron chi connectivity index (χ4n) is 4.27. The van der Waals surface area contributed by atoms with Crippen LogP contribution in [0.4, 0.5) is 5.13 Å². The van der Waals surface area contributed by atoms with Crippen LogP contribution in [0, 0.1) is 5.92 Å². The summed E-state index contributed by atoms with van der Waals surface area (Å²) in [4.78, 5) is 37.2. The van der Waals surface area contributed by atoms with Gasteiger partial charge in [-0.05, 0) is 81.1 Å². The smallest absolute Gasteiger partial charge is 0.271 e. The van der Waals surface area contributed by atoms with Gasteiger partial charge in [0.05, 0.1) is 10.2 Å². The van der Waals surface area contributed by atoms with Crippen molar-refractivity contribution in [1.29, 1.82) is 0 Å². The minimum Gasteiger partial charge on any atom is -0.348 e. The van der Waals surface area contributed by atoms with E-state index < -0.39 is 0 Å². The highest BCUT2D eigenvalue weighted by Crippen LogP contribution is 2.34. The second-order valence-corrected chi connectivity index (χ2v) is 10.9. The zero-order valence-electron chi connectivity index (χ0n) is 18.7. The molecule has 1 aliphatic heterocycles. The van der Waals surface area contributed by atoms with Gasteiger partial charge in [0.2, 0.25) is 5.91 Å². The number of amides is 2. The number of nitrogens with one attached hydrogen (secondary N) is 2. The Kier molecular flexibility index (Phi) is 5.51. The van der Waals surface area contributed by atoms with E-state index in [0.717, 1.165) is 70.3 Å². The number of thiazole rings is 1. The fraction of sp³-hybridized carbons (Fsp3) is 0.375. The highest BCUT2D eigenvalue weighted by atomic mass is 32.1. The Balaban J connectivity index is 1.25. The Morgan fingerprint density at radius 2 is 1.91 bits per heavy atom. The van der Waals surface area contributed by atoms with Crippen molar-refractivity contribution >= 4 is 60.2 Å². The van der Waals surface area contributed by atoms with E-state index in [1.54, 1.807) is 0 Å². The molecule has 4 heterocycles. The number of fused-ring (bicyclic) bond motifs is 2. The predicted octanol–water partition coefficient (Wildman–Crippen LogP) is 4.14. The van der Waals surface area contributed by atoms with Crippen LogP contribution in [-0.2, 0) is 4.79 Å². The van der Waals surface area contributed by atoms with Crippen LogP contribution in [0.25, 0.3) is 31.6 Å². The molecule has 1 aliphatic carbocycles. The summed E-state index contributed by atoms with van der Waals surface area (Å²) in [6, 6.07) is 8.18. The van der Waals surface area contributed by atoms with E-state index in [1.165, 1.54) is 22.9 Å². The molecule has 1 saturated heterocycles. The van der Waals surface area contributed by atoms with Crippen molar-refractivity contribution in [2.45, 2.75) is 31.7 Å². The largest absolute Gasteiger partial charge is 0.348 e. The first-order chi connectivity index (χ1) is 16.5. The van der Waals surface area contributed by atoms with Gasteiger partial charge in [0.1, 0.15) is 4.83 Å². The molecule has 2 N–H and O–H groups in total. The van der Waals surface area contributed by atoms with E-state index in [0.29, 0.717) is 10.8 Å². The zero-order valence-corrected chi connectivity index (χ0v) is 20.3. The lowest BCUT2D eigenvalue weighted by molar-refractivity contribution is -0.117. The molecule has 0 spiro atoms. The van der Waals surface area contributed by atoms with E-state index >= 15 is 0 Å². The number of piperidine rings is 1. The maximum atomic E-state index is 13.0. The average Bonchev–Trinajstić information content (AvgIpc) is 3.48. The molecular weight excluding hydrogens is 468 g/mol. The van der Waals surface area contributed by atoms with Crippen molar-refractivity contribution in [3.05, 3.63) is 36.2 Å². The third-order valence-corrected chi connectivity index (χ3v) is 8.20. The molecule has 2 fully saturated rings. The summed E-state index contributed by atoms with van der Waals surface area (Å²) >= 11 is 2.72. The molecule has 34 heavy (non-hydrogen) atoms. The average molecular weight is 493 g/mol. The first-order valence-electron chi connectivity index (χ1n) is 11.5. The lowest BCUT2D eigenvalue weighted by Crippen LogP contribution is -2.43. The summed E-state index contributed by atoms with van der Waals surface area (Å²) in [5.41, 5.74) is 3.19. The standard InChI is InChI=1S/C24H24N6O2S2/c1-30-8-6-16(7-9-30)26-22(32)20-17-10-15(12-25-23(17)34-29-20)14-4-5-18-19(11-14)33-24(27-18)28-21(31)13-2-3-13/h4-5,10-13,16H,2-3,6-9H2,1H3,(H,26,32)(H,27,28,31). The van der Waals surface area contributed by atoms with Gasteiger partial charge in [-0.1, -0.05) is 17.4 Å². The summed E-state index contributed by atoms with van der Waals surface area (Å²) in [5, 5.41) is 7.49. The van der Waals surface area contributed by atoms with Crippen LogP contribution in [0.5, 0.6) is 0 Å². The van der Waals surface area contributed by atoms with Crippen LogP contribution in [0.1, 0.15) is 36.2 Å². The summed E-state index contributed by atoms with van der Waals surface area (Å²) in [5.74, 6) is 0.0732. The van der Waals surface area contributed by atoms with Gasteiger partial charge in [0.15, 0.2) is 10.8 Å². The van der Waals surface area contributed by atoms with Crippen molar-refractivity contribution < 1.29 is 9.59 Å². The molecule has 0 atom stereocenters. The molecule has 6 rings (SSSR count). The molecule has 0 bridgehead atoms. The lowest BCUT2D eigenvalue weighted by Gasteiger charge is -2.29. The zero-order chi connectivity index (χ0) is 23.2. The maximum absolute atomic E-state index is 13.0. The summed E-state index contributed by atoms with van der Waals surface area (Å²) in [6.07, 6.45) is 5.65.